The van der Waals surface area contributed by atoms with E-state index in [1.165, 1.54) is 0 Å². The Balaban J connectivity index is -0.0000000200. The van der Waals surface area contributed by atoms with Crippen LogP contribution in [0.2, 0.25) is 0 Å². The van der Waals surface area contributed by atoms with Crippen LogP contribution in [-0.2, 0) is 32.7 Å². The van der Waals surface area contributed by atoms with Crippen molar-refractivity contribution in [1.29, 1.82) is 0 Å². The molecule has 0 saturated heterocycles. The minimum absolute atomic E-state index is 0. The minimum atomic E-state index is 0. The van der Waals surface area contributed by atoms with Crippen LogP contribution < -0.4 is 0 Å². The third kappa shape index (κ3) is 85.6. The average molecular weight is 149 g/mol. The van der Waals surface area contributed by atoms with Gasteiger partial charge in [0.15, 0.2) is 0 Å². The molecule has 0 amide bonds. The minimum Gasteiger partial charge on any atom is -0.693 e. The zero-order chi connectivity index (χ0) is 2.71. The van der Waals surface area contributed by atoms with E-state index < -0.39 is 0 Å². The first-order valence-corrected chi connectivity index (χ1v) is 0.666. The monoisotopic (exact) mass is 149 g/mol. The van der Waals surface area contributed by atoms with Gasteiger partial charge in [0.25, 0.3) is 0 Å². The van der Waals surface area contributed by atoms with Gasteiger partial charge in [-0.15, -0.1) is 0 Å². The molecule has 3 N–H and O–H groups in total. The van der Waals surface area contributed by atoms with Crippen molar-refractivity contribution in [3.8, 4) is 0 Å². The van der Waals surface area contributed by atoms with Crippen LogP contribution in [-0.4, -0.2) is 5.11 Å². The van der Waals surface area contributed by atoms with Gasteiger partial charge in [0, 0.05) is 32.7 Å². The van der Waals surface area contributed by atoms with Crippen LogP contribution in [0.5, 0.6) is 0 Å². The van der Waals surface area contributed by atoms with Gasteiger partial charge in [-0.2, -0.15) is 0 Å². The van der Waals surface area contributed by atoms with Gasteiger partial charge in [0.1, 0.15) is 0 Å². The maximum atomic E-state index is 7.33. The number of hydrogen-bond donors (Lipinski definition) is 1. The van der Waals surface area contributed by atoms with Crippen LogP contribution in [0, 0.1) is 0 Å². The van der Waals surface area contributed by atoms with E-state index in [-0.39, 0.29) is 38.9 Å². The van der Waals surface area contributed by atoms with Crippen molar-refractivity contribution >= 4 is 0 Å². The number of hydrogen-bond acceptors (Lipinski definition) is 1. The molecule has 0 aliphatic heterocycles. The van der Waals surface area contributed by atoms with Gasteiger partial charge in [0.2, 0.25) is 0 Å². The van der Waals surface area contributed by atoms with Crippen LogP contribution in [0.15, 0.2) is 12.8 Å². The van der Waals surface area contributed by atoms with Crippen molar-refractivity contribution in [2.45, 2.75) is 0 Å². The predicted molar refractivity (Wildman–Crippen MR) is 18.1 cm³/mol. The molecule has 0 aromatic rings. The Kier molecular flexibility index (Phi) is 81.4. The third-order valence-electron chi connectivity index (χ3n) is 0. The fourth-order valence-corrected chi connectivity index (χ4v) is 0. The fourth-order valence-electron chi connectivity index (χ4n) is 0. The van der Waals surface area contributed by atoms with Crippen molar-refractivity contribution < 1.29 is 37.8 Å². The summed E-state index contributed by atoms with van der Waals surface area (Å²) in [6, 6.07) is 0. The third-order valence-corrected chi connectivity index (χ3v) is 0. The molecule has 1 radical (unpaired) electrons. The van der Waals surface area contributed by atoms with E-state index in [2.05, 4.69) is 6.58 Å². The topological polar surface area (TPSA) is 53.7 Å². The zero-order valence-corrected chi connectivity index (χ0v) is 5.72. The number of aliphatic hydroxyl groups is 1. The summed E-state index contributed by atoms with van der Waals surface area (Å²) in [5, 5.41) is 7.33. The summed E-state index contributed by atoms with van der Waals surface area (Å²) in [4.78, 5) is 0. The average Bonchev–Trinajstić information content (AvgIpc) is 0.918. The Morgan fingerprint density at radius 3 is 1.60 bits per heavy atom. The molecule has 0 fully saturated rings. The summed E-state index contributed by atoms with van der Waals surface area (Å²) >= 11 is 0. The molecule has 29 valence electrons. The second-order valence-corrected chi connectivity index (χ2v) is 0.183. The van der Waals surface area contributed by atoms with Crippen molar-refractivity contribution in [2.75, 3.05) is 0 Å². The van der Waals surface area contributed by atoms with Crippen molar-refractivity contribution in [1.82, 2.24) is 0 Å². The molecular formula is C2H6NOY-. The molecule has 5 heavy (non-hydrogen) atoms. The number of rotatable bonds is 0. The van der Waals surface area contributed by atoms with Crippen molar-refractivity contribution in [2.24, 2.45) is 0 Å². The number of aliphatic hydroxyl groups excluding tert-OH is 1. The molecule has 0 saturated carbocycles. The Morgan fingerprint density at radius 1 is 1.60 bits per heavy atom. The van der Waals surface area contributed by atoms with E-state index in [0.717, 1.165) is 6.26 Å². The van der Waals surface area contributed by atoms with Gasteiger partial charge in [0.05, 0.1) is 6.26 Å². The first-order valence-electron chi connectivity index (χ1n) is 0.666. The molecule has 0 heterocycles. The first-order chi connectivity index (χ1) is 1.41. The van der Waals surface area contributed by atoms with Gasteiger partial charge in [-0.25, -0.2) is 0 Å². The molecule has 0 aliphatic carbocycles. The standard InChI is InChI=1S/C2H4O.H2N.Y/c1-2-3;;/h2-3H,1H2;1H2;/q;-1;. The van der Waals surface area contributed by atoms with E-state index >= 15 is 0 Å². The van der Waals surface area contributed by atoms with Gasteiger partial charge in [-0.1, -0.05) is 6.58 Å². The Hall–Kier alpha value is 0.604. The zero-order valence-electron chi connectivity index (χ0n) is 2.89. The summed E-state index contributed by atoms with van der Waals surface area (Å²) < 4.78 is 0. The molecule has 0 spiro atoms. The van der Waals surface area contributed by atoms with E-state index in [1.54, 1.807) is 0 Å². The summed E-state index contributed by atoms with van der Waals surface area (Å²) in [5.41, 5.74) is 0. The van der Waals surface area contributed by atoms with Crippen molar-refractivity contribution in [3.05, 3.63) is 19.0 Å². The van der Waals surface area contributed by atoms with Crippen LogP contribution >= 0.6 is 0 Å². The molecule has 3 heteroatoms. The molecule has 0 atom stereocenters. The molecule has 0 rings (SSSR count). The molecule has 0 unspecified atom stereocenters. The van der Waals surface area contributed by atoms with Crippen LogP contribution in [0.4, 0.5) is 0 Å². The molecule has 0 aromatic heterocycles. The maximum absolute atomic E-state index is 7.33. The van der Waals surface area contributed by atoms with Crippen molar-refractivity contribution in [3.63, 3.8) is 0 Å². The van der Waals surface area contributed by atoms with Gasteiger partial charge in [-0.3, -0.25) is 0 Å². The van der Waals surface area contributed by atoms with Gasteiger partial charge >= 0.3 is 0 Å². The molecule has 0 aliphatic rings. The Morgan fingerprint density at radius 2 is 1.60 bits per heavy atom. The molecule has 2 nitrogen and oxygen atoms in total. The maximum Gasteiger partial charge on any atom is 0.0719 e. The fraction of sp³-hybridized carbons (Fsp3) is 0. The van der Waals surface area contributed by atoms with Crippen LogP contribution in [0.3, 0.4) is 0 Å². The van der Waals surface area contributed by atoms with Gasteiger partial charge < -0.3 is 11.3 Å². The smallest absolute Gasteiger partial charge is 0.0719 e. The predicted octanol–water partition coefficient (Wildman–Crippen LogP) is 1.40. The van der Waals surface area contributed by atoms with E-state index in [0.29, 0.717) is 0 Å². The molecule has 0 aromatic carbocycles. The van der Waals surface area contributed by atoms with Crippen LogP contribution in [0.25, 0.3) is 6.15 Å². The second-order valence-electron chi connectivity index (χ2n) is 0.183. The molecular weight excluding hydrogens is 143 g/mol. The quantitative estimate of drug-likeness (QED) is 0.520. The van der Waals surface area contributed by atoms with Gasteiger partial charge in [-0.05, 0) is 0 Å². The van der Waals surface area contributed by atoms with E-state index in [4.69, 9.17) is 5.11 Å². The first kappa shape index (κ1) is 17.5. The second kappa shape index (κ2) is 23.2. The SMILES string of the molecule is C=CO.[NH2-].[Y]. The summed E-state index contributed by atoms with van der Waals surface area (Å²) in [7, 11) is 0. The van der Waals surface area contributed by atoms with E-state index in [9.17, 15) is 0 Å². The normalized spacial score (nSPS) is 2.40. The Labute approximate surface area is 56.7 Å². The molecule has 0 bridgehead atoms. The Bertz CT molecular complexity index is 17.1. The van der Waals surface area contributed by atoms with Crippen LogP contribution in [0.1, 0.15) is 0 Å². The summed E-state index contributed by atoms with van der Waals surface area (Å²) in [6.07, 6.45) is 0.750. The number of nitrogens with two attached hydrogens (primary N) is 1. The summed E-state index contributed by atoms with van der Waals surface area (Å²) in [5.74, 6) is 0. The summed E-state index contributed by atoms with van der Waals surface area (Å²) in [6.45, 7) is 2.92. The van der Waals surface area contributed by atoms with E-state index in [1.807, 2.05) is 0 Å². The largest absolute Gasteiger partial charge is 0.693 e.